The van der Waals surface area contributed by atoms with Crippen LogP contribution in [0.1, 0.15) is 60.0 Å². The maximum absolute atomic E-state index is 11.9. The van der Waals surface area contributed by atoms with Crippen molar-refractivity contribution in [3.05, 3.63) is 34.6 Å². The second-order valence-corrected chi connectivity index (χ2v) is 6.26. The molecule has 2 heterocycles. The summed E-state index contributed by atoms with van der Waals surface area (Å²) in [6.07, 6.45) is 0. The Hall–Kier alpha value is -2.40. The molecule has 8 heteroatoms. The molecule has 0 aliphatic heterocycles. The molecule has 0 N–H and O–H groups in total. The molecule has 0 saturated heterocycles. The van der Waals surface area contributed by atoms with Crippen LogP contribution < -0.4 is 0 Å². The molecule has 0 saturated carbocycles. The Morgan fingerprint density at radius 1 is 1.46 bits per heavy atom. The molecule has 0 amide bonds. The van der Waals surface area contributed by atoms with Crippen LogP contribution in [-0.2, 0) is 10.5 Å². The van der Waals surface area contributed by atoms with E-state index < -0.39 is 5.97 Å². The normalized spacial score (nSPS) is 10.7. The van der Waals surface area contributed by atoms with Gasteiger partial charge in [0, 0.05) is 5.92 Å². The molecule has 0 atom stereocenters. The van der Waals surface area contributed by atoms with Crippen molar-refractivity contribution >= 4 is 17.7 Å². The summed E-state index contributed by atoms with van der Waals surface area (Å²) in [5, 5.41) is 13.7. The third-order valence-electron chi connectivity index (χ3n) is 3.11. The molecule has 0 spiro atoms. The highest BCUT2D eigenvalue weighted by molar-refractivity contribution is 7.98. The Morgan fingerprint density at radius 3 is 2.79 bits per heavy atom. The number of thioether (sulfide) groups is 1. The van der Waals surface area contributed by atoms with Crippen LogP contribution >= 0.6 is 11.8 Å². The van der Waals surface area contributed by atoms with Crippen molar-refractivity contribution in [3.63, 3.8) is 0 Å². The smallest absolute Gasteiger partial charge is 0.340 e. The van der Waals surface area contributed by atoms with E-state index >= 15 is 0 Å². The van der Waals surface area contributed by atoms with Crippen molar-refractivity contribution in [3.8, 4) is 6.07 Å². The van der Waals surface area contributed by atoms with Gasteiger partial charge in [-0.05, 0) is 19.9 Å². The van der Waals surface area contributed by atoms with E-state index in [9.17, 15) is 10.1 Å². The van der Waals surface area contributed by atoms with Crippen molar-refractivity contribution in [2.75, 3.05) is 6.61 Å². The van der Waals surface area contributed by atoms with E-state index in [4.69, 9.17) is 9.26 Å². The highest BCUT2D eigenvalue weighted by Crippen LogP contribution is 2.26. The van der Waals surface area contributed by atoms with Gasteiger partial charge in [0.2, 0.25) is 5.89 Å². The summed E-state index contributed by atoms with van der Waals surface area (Å²) in [5.41, 5.74) is 1.14. The van der Waals surface area contributed by atoms with Gasteiger partial charge in [0.25, 0.3) is 0 Å². The molecule has 0 fully saturated rings. The van der Waals surface area contributed by atoms with Gasteiger partial charge in [0.1, 0.15) is 11.1 Å². The molecule has 7 nitrogen and oxygen atoms in total. The number of ether oxygens (including phenoxy) is 1. The third kappa shape index (κ3) is 4.11. The third-order valence-corrected chi connectivity index (χ3v) is 4.10. The number of esters is 1. The lowest BCUT2D eigenvalue weighted by molar-refractivity contribution is 0.0524. The Bertz CT molecular complexity index is 780. The molecule has 2 rings (SSSR count). The lowest BCUT2D eigenvalue weighted by Crippen LogP contribution is -2.09. The summed E-state index contributed by atoms with van der Waals surface area (Å²) in [7, 11) is 0. The summed E-state index contributed by atoms with van der Waals surface area (Å²) in [6, 6.07) is 3.58. The second-order valence-electron chi connectivity index (χ2n) is 5.30. The quantitative estimate of drug-likeness (QED) is 0.580. The molecule has 0 bridgehead atoms. The number of nitrogens with zero attached hydrogens (tertiary/aromatic N) is 4. The molecule has 0 radical (unpaired) electrons. The first-order valence-corrected chi connectivity index (χ1v) is 8.49. The maximum atomic E-state index is 11.9. The van der Waals surface area contributed by atoms with Crippen LogP contribution in [0.3, 0.4) is 0 Å². The molecule has 0 aliphatic rings. The van der Waals surface area contributed by atoms with Crippen molar-refractivity contribution in [2.45, 2.75) is 44.4 Å². The summed E-state index contributed by atoms with van der Waals surface area (Å²) in [5.74, 6) is 1.23. The minimum atomic E-state index is -0.477. The number of hydrogen-bond donors (Lipinski definition) is 0. The molecule has 0 aliphatic carbocycles. The average Bonchev–Trinajstić information content (AvgIpc) is 3.02. The van der Waals surface area contributed by atoms with Crippen molar-refractivity contribution < 1.29 is 14.1 Å². The molecule has 0 unspecified atom stereocenters. The standard InChI is InChI=1S/C16H18N4O3S/c1-5-22-16(21)12-6-11(7-17)15(18-10(12)4)24-8-13-19-14(9(2)3)23-20-13/h6,9H,5,8H2,1-4H3. The van der Waals surface area contributed by atoms with Crippen LogP contribution in [0.2, 0.25) is 0 Å². The second kappa shape index (κ2) is 7.93. The van der Waals surface area contributed by atoms with E-state index in [0.29, 0.717) is 39.3 Å². The average molecular weight is 346 g/mol. The Balaban J connectivity index is 2.19. The summed E-state index contributed by atoms with van der Waals surface area (Å²) in [6.45, 7) is 7.65. The lowest BCUT2D eigenvalue weighted by Gasteiger charge is -2.08. The van der Waals surface area contributed by atoms with Gasteiger partial charge in [-0.1, -0.05) is 30.8 Å². The number of aromatic nitrogens is 3. The van der Waals surface area contributed by atoms with Crippen LogP contribution in [-0.4, -0.2) is 27.7 Å². The van der Waals surface area contributed by atoms with Gasteiger partial charge >= 0.3 is 5.97 Å². The SMILES string of the molecule is CCOC(=O)c1cc(C#N)c(SCc2noc(C(C)C)n2)nc1C. The van der Waals surface area contributed by atoms with Crippen LogP contribution in [0.15, 0.2) is 15.6 Å². The van der Waals surface area contributed by atoms with Crippen LogP contribution in [0, 0.1) is 18.3 Å². The number of carbonyl (C=O) groups excluding carboxylic acids is 1. The molecule has 126 valence electrons. The zero-order valence-corrected chi connectivity index (χ0v) is 14.8. The van der Waals surface area contributed by atoms with Crippen LogP contribution in [0.25, 0.3) is 0 Å². The lowest BCUT2D eigenvalue weighted by atomic mass is 10.1. The van der Waals surface area contributed by atoms with Crippen molar-refractivity contribution in [1.82, 2.24) is 15.1 Å². The number of hydrogen-bond acceptors (Lipinski definition) is 8. The van der Waals surface area contributed by atoms with Crippen molar-refractivity contribution in [2.24, 2.45) is 0 Å². The fourth-order valence-corrected chi connectivity index (χ4v) is 2.73. The van der Waals surface area contributed by atoms with Gasteiger partial charge in [-0.3, -0.25) is 0 Å². The van der Waals surface area contributed by atoms with Gasteiger partial charge < -0.3 is 9.26 Å². The minimum Gasteiger partial charge on any atom is -0.462 e. The highest BCUT2D eigenvalue weighted by Gasteiger charge is 2.17. The zero-order chi connectivity index (χ0) is 17.7. The monoisotopic (exact) mass is 346 g/mol. The summed E-state index contributed by atoms with van der Waals surface area (Å²) < 4.78 is 10.1. The fourth-order valence-electron chi connectivity index (χ4n) is 1.88. The maximum Gasteiger partial charge on any atom is 0.340 e. The summed E-state index contributed by atoms with van der Waals surface area (Å²) in [4.78, 5) is 20.5. The number of nitriles is 1. The predicted octanol–water partition coefficient (Wildman–Crippen LogP) is 3.24. The Kier molecular flexibility index (Phi) is 5.93. The van der Waals surface area contributed by atoms with Crippen LogP contribution in [0.4, 0.5) is 0 Å². The minimum absolute atomic E-state index is 0.162. The van der Waals surface area contributed by atoms with Crippen molar-refractivity contribution in [1.29, 1.82) is 5.26 Å². The van der Waals surface area contributed by atoms with E-state index in [1.807, 2.05) is 13.8 Å². The molecular formula is C16H18N4O3S. The molecular weight excluding hydrogens is 328 g/mol. The first-order chi connectivity index (χ1) is 11.5. The van der Waals surface area contributed by atoms with E-state index in [-0.39, 0.29) is 12.5 Å². The van der Waals surface area contributed by atoms with Gasteiger partial charge in [-0.25, -0.2) is 9.78 Å². The first-order valence-electron chi connectivity index (χ1n) is 7.50. The van der Waals surface area contributed by atoms with E-state index in [2.05, 4.69) is 21.2 Å². The van der Waals surface area contributed by atoms with E-state index in [1.54, 1.807) is 13.8 Å². The number of aryl methyl sites for hydroxylation is 1. The van der Waals surface area contributed by atoms with Gasteiger partial charge in [0.15, 0.2) is 5.82 Å². The van der Waals surface area contributed by atoms with Crippen LogP contribution in [0.5, 0.6) is 0 Å². The van der Waals surface area contributed by atoms with Gasteiger partial charge in [-0.15, -0.1) is 0 Å². The molecule has 2 aromatic rings. The Labute approximate surface area is 144 Å². The predicted molar refractivity (Wildman–Crippen MR) is 87.6 cm³/mol. The molecule has 0 aromatic carbocycles. The van der Waals surface area contributed by atoms with Gasteiger partial charge in [-0.2, -0.15) is 10.2 Å². The van der Waals surface area contributed by atoms with E-state index in [1.165, 1.54) is 17.8 Å². The van der Waals surface area contributed by atoms with Gasteiger partial charge in [0.05, 0.1) is 29.2 Å². The van der Waals surface area contributed by atoms with E-state index in [0.717, 1.165) is 0 Å². The first kappa shape index (κ1) is 17.9. The zero-order valence-electron chi connectivity index (χ0n) is 14.0. The molecule has 24 heavy (non-hydrogen) atoms. The number of carbonyl (C=O) groups is 1. The fraction of sp³-hybridized carbons (Fsp3) is 0.438. The topological polar surface area (TPSA) is 102 Å². The molecule has 2 aromatic heterocycles. The Morgan fingerprint density at radius 2 is 2.21 bits per heavy atom. The highest BCUT2D eigenvalue weighted by atomic mass is 32.2. The summed E-state index contributed by atoms with van der Waals surface area (Å²) >= 11 is 1.33. The number of rotatable bonds is 6. The largest absolute Gasteiger partial charge is 0.462 e. The number of pyridine rings is 1.